The summed E-state index contributed by atoms with van der Waals surface area (Å²) in [5.41, 5.74) is 0. The lowest BCUT2D eigenvalue weighted by atomic mass is 10.0. The Kier molecular flexibility index (Phi) is 67.9. The first-order valence-corrected chi connectivity index (χ1v) is 36.2. The number of rotatable bonds is 68. The summed E-state index contributed by atoms with van der Waals surface area (Å²) in [5.74, 6) is -0.0257. The lowest BCUT2D eigenvalue weighted by Crippen LogP contribution is -2.45. The van der Waals surface area contributed by atoms with E-state index in [9.17, 15) is 19.8 Å². The van der Waals surface area contributed by atoms with Crippen LogP contribution in [0.25, 0.3) is 0 Å². The molecule has 2 atom stereocenters. The van der Waals surface area contributed by atoms with Gasteiger partial charge in [-0.25, -0.2) is 0 Å². The van der Waals surface area contributed by atoms with Crippen LogP contribution in [0.15, 0.2) is 36.5 Å². The molecule has 0 aliphatic rings. The van der Waals surface area contributed by atoms with Crippen LogP contribution in [0, 0.1) is 0 Å². The Balaban J connectivity index is 3.39. The molecule has 0 rings (SSSR count). The highest BCUT2D eigenvalue weighted by molar-refractivity contribution is 5.76. The average molecular weight is 1120 g/mol. The van der Waals surface area contributed by atoms with Crippen molar-refractivity contribution in [3.05, 3.63) is 36.5 Å². The molecule has 2 unspecified atom stereocenters. The molecule has 0 bridgehead atoms. The van der Waals surface area contributed by atoms with Gasteiger partial charge in [0.1, 0.15) is 0 Å². The molecule has 0 aromatic heterocycles. The molecule has 0 saturated heterocycles. The molecule has 6 nitrogen and oxygen atoms in total. The van der Waals surface area contributed by atoms with Crippen molar-refractivity contribution >= 4 is 11.9 Å². The number of aliphatic hydroxyl groups excluding tert-OH is 2. The molecule has 3 N–H and O–H groups in total. The largest absolute Gasteiger partial charge is 0.466 e. The highest BCUT2D eigenvalue weighted by Gasteiger charge is 2.20. The van der Waals surface area contributed by atoms with Crippen LogP contribution in [0.5, 0.6) is 0 Å². The Labute approximate surface area is 500 Å². The van der Waals surface area contributed by atoms with Gasteiger partial charge in [-0.2, -0.15) is 0 Å². The second kappa shape index (κ2) is 69.6. The minimum atomic E-state index is -0.665. The van der Waals surface area contributed by atoms with Gasteiger partial charge in [-0.1, -0.05) is 339 Å². The summed E-state index contributed by atoms with van der Waals surface area (Å²) < 4.78 is 5.48. The normalized spacial score (nSPS) is 12.7. The van der Waals surface area contributed by atoms with Gasteiger partial charge in [0.25, 0.3) is 0 Å². The van der Waals surface area contributed by atoms with Crippen LogP contribution in [0.1, 0.15) is 399 Å². The first-order chi connectivity index (χ1) is 39.5. The average Bonchev–Trinajstić information content (AvgIpc) is 3.46. The van der Waals surface area contributed by atoms with E-state index in [0.717, 1.165) is 51.4 Å². The molecular formula is C74H141NO5. The molecule has 0 aliphatic heterocycles. The van der Waals surface area contributed by atoms with Crippen molar-refractivity contribution in [2.75, 3.05) is 13.2 Å². The zero-order valence-electron chi connectivity index (χ0n) is 54.1. The van der Waals surface area contributed by atoms with Crippen molar-refractivity contribution < 1.29 is 24.5 Å². The van der Waals surface area contributed by atoms with E-state index >= 15 is 0 Å². The molecular weight excluding hydrogens is 983 g/mol. The molecule has 0 aromatic rings. The summed E-state index contributed by atoms with van der Waals surface area (Å²) in [6.07, 6.45) is 89.1. The number of ether oxygens (including phenoxy) is 1. The first kappa shape index (κ1) is 78.1. The second-order valence-electron chi connectivity index (χ2n) is 24.9. The SMILES string of the molecule is CCCCCCC/C=C\CCCCCCCC(=O)OCCCCCCCCCCC/C=C\C/C=C\CCCCCCCCCCCCCCCCCC(=O)NC(CO)C(O)CCCCCCCCCCCCCCCCCCCC. The lowest BCUT2D eigenvalue weighted by molar-refractivity contribution is -0.143. The number of aliphatic hydroxyl groups is 2. The molecule has 1 amide bonds. The molecule has 0 aliphatic carbocycles. The Morgan fingerprint density at radius 1 is 0.350 bits per heavy atom. The Bertz CT molecular complexity index is 1300. The third kappa shape index (κ3) is 65.2. The monoisotopic (exact) mass is 1120 g/mol. The molecule has 0 radical (unpaired) electrons. The molecule has 0 aromatic carbocycles. The van der Waals surface area contributed by atoms with E-state index < -0.39 is 12.1 Å². The number of carbonyl (C=O) groups excluding carboxylic acids is 2. The number of hydrogen-bond donors (Lipinski definition) is 3. The van der Waals surface area contributed by atoms with E-state index in [1.807, 2.05) is 0 Å². The fraction of sp³-hybridized carbons (Fsp3) is 0.892. The van der Waals surface area contributed by atoms with E-state index in [1.54, 1.807) is 0 Å². The van der Waals surface area contributed by atoms with E-state index in [0.29, 0.717) is 25.9 Å². The van der Waals surface area contributed by atoms with E-state index in [2.05, 4.69) is 55.6 Å². The predicted octanol–water partition coefficient (Wildman–Crippen LogP) is 23.5. The van der Waals surface area contributed by atoms with Crippen LogP contribution >= 0.6 is 0 Å². The number of amides is 1. The third-order valence-corrected chi connectivity index (χ3v) is 16.9. The Morgan fingerprint density at radius 2 is 0.625 bits per heavy atom. The molecule has 80 heavy (non-hydrogen) atoms. The quantitative estimate of drug-likeness (QED) is 0.0320. The molecule has 0 saturated carbocycles. The summed E-state index contributed by atoms with van der Waals surface area (Å²) in [6, 6.07) is -0.542. The van der Waals surface area contributed by atoms with E-state index in [1.165, 1.54) is 315 Å². The standard InChI is InChI=1S/C74H141NO5/c1-3-5-7-9-11-13-15-17-19-20-36-39-42-46-50-54-58-62-66-72(77)71(70-76)75-73(78)67-63-59-55-51-47-43-40-37-34-32-30-28-26-24-22-21-23-25-27-29-31-33-35-38-41-45-49-53-57-61-65-69-80-74(79)68-64-60-56-52-48-44-18-16-14-12-10-8-6-4-2/h16,18,23,25,29,31,71-72,76-77H,3-15,17,19-22,24,26-28,30,32-70H2,1-2H3,(H,75,78)/b18-16-,25-23-,31-29-. The third-order valence-electron chi connectivity index (χ3n) is 16.9. The van der Waals surface area contributed by atoms with Crippen molar-refractivity contribution in [1.82, 2.24) is 5.32 Å². The molecule has 6 heteroatoms. The highest BCUT2D eigenvalue weighted by atomic mass is 16.5. The van der Waals surface area contributed by atoms with E-state index in [-0.39, 0.29) is 18.5 Å². The zero-order valence-corrected chi connectivity index (χ0v) is 54.1. The Morgan fingerprint density at radius 3 is 0.963 bits per heavy atom. The van der Waals surface area contributed by atoms with Crippen molar-refractivity contribution in [1.29, 1.82) is 0 Å². The van der Waals surface area contributed by atoms with Crippen LogP contribution in [-0.2, 0) is 14.3 Å². The van der Waals surface area contributed by atoms with Crippen molar-refractivity contribution in [2.24, 2.45) is 0 Å². The van der Waals surface area contributed by atoms with Crippen molar-refractivity contribution in [3.8, 4) is 0 Å². The summed E-state index contributed by atoms with van der Waals surface area (Å²) in [5, 5.41) is 23.4. The van der Waals surface area contributed by atoms with Gasteiger partial charge in [-0.05, 0) is 83.5 Å². The number of esters is 1. The van der Waals surface area contributed by atoms with Gasteiger partial charge in [0.05, 0.1) is 25.4 Å². The van der Waals surface area contributed by atoms with Gasteiger partial charge in [0, 0.05) is 12.8 Å². The number of unbranched alkanes of at least 4 members (excludes halogenated alkanes) is 51. The molecule has 0 fully saturated rings. The maximum absolute atomic E-state index is 12.5. The summed E-state index contributed by atoms with van der Waals surface area (Å²) >= 11 is 0. The minimum Gasteiger partial charge on any atom is -0.466 e. The van der Waals surface area contributed by atoms with Crippen LogP contribution in [-0.4, -0.2) is 47.4 Å². The molecule has 0 heterocycles. The second-order valence-corrected chi connectivity index (χ2v) is 24.9. The van der Waals surface area contributed by atoms with Crippen LogP contribution < -0.4 is 5.32 Å². The minimum absolute atomic E-state index is 0.00506. The zero-order chi connectivity index (χ0) is 57.8. The topological polar surface area (TPSA) is 95.9 Å². The Hall–Kier alpha value is -1.92. The smallest absolute Gasteiger partial charge is 0.305 e. The van der Waals surface area contributed by atoms with Crippen molar-refractivity contribution in [2.45, 2.75) is 411 Å². The number of allylic oxidation sites excluding steroid dienone is 6. The predicted molar refractivity (Wildman–Crippen MR) is 352 cm³/mol. The first-order valence-electron chi connectivity index (χ1n) is 36.2. The van der Waals surface area contributed by atoms with Gasteiger partial charge in [-0.3, -0.25) is 9.59 Å². The van der Waals surface area contributed by atoms with Gasteiger partial charge in [-0.15, -0.1) is 0 Å². The number of hydrogen-bond acceptors (Lipinski definition) is 5. The lowest BCUT2D eigenvalue weighted by Gasteiger charge is -2.22. The van der Waals surface area contributed by atoms with Crippen LogP contribution in [0.4, 0.5) is 0 Å². The maximum Gasteiger partial charge on any atom is 0.305 e. The number of nitrogens with one attached hydrogen (secondary N) is 1. The van der Waals surface area contributed by atoms with Gasteiger partial charge in [0.15, 0.2) is 0 Å². The fourth-order valence-electron chi connectivity index (χ4n) is 11.4. The highest BCUT2D eigenvalue weighted by Crippen LogP contribution is 2.19. The fourth-order valence-corrected chi connectivity index (χ4v) is 11.4. The molecule has 0 spiro atoms. The van der Waals surface area contributed by atoms with Gasteiger partial charge < -0.3 is 20.3 Å². The van der Waals surface area contributed by atoms with Crippen molar-refractivity contribution in [3.63, 3.8) is 0 Å². The maximum atomic E-state index is 12.5. The van der Waals surface area contributed by atoms with Crippen LogP contribution in [0.3, 0.4) is 0 Å². The summed E-state index contributed by atoms with van der Waals surface area (Å²) in [4.78, 5) is 24.6. The van der Waals surface area contributed by atoms with Crippen LogP contribution in [0.2, 0.25) is 0 Å². The van der Waals surface area contributed by atoms with Gasteiger partial charge >= 0.3 is 5.97 Å². The van der Waals surface area contributed by atoms with Gasteiger partial charge in [0.2, 0.25) is 5.91 Å². The molecule has 472 valence electrons. The van der Waals surface area contributed by atoms with E-state index in [4.69, 9.17) is 4.74 Å². The summed E-state index contributed by atoms with van der Waals surface area (Å²) in [6.45, 7) is 4.97. The number of carbonyl (C=O) groups is 2. The summed E-state index contributed by atoms with van der Waals surface area (Å²) in [7, 11) is 0.